The molecule has 1 N–H and O–H groups in total. The highest BCUT2D eigenvalue weighted by molar-refractivity contribution is 5.33. The summed E-state index contributed by atoms with van der Waals surface area (Å²) in [7, 11) is 0. The second-order valence-electron chi connectivity index (χ2n) is 5.05. The Morgan fingerprint density at radius 3 is 2.55 bits per heavy atom. The Morgan fingerprint density at radius 2 is 1.95 bits per heavy atom. The number of hydrogen-bond donors (Lipinski definition) is 1. The third kappa shape index (κ3) is 3.21. The maximum Gasteiger partial charge on any atom is 0.255 e. The number of aromatic nitrogens is 4. The lowest BCUT2D eigenvalue weighted by atomic mass is 10.2. The number of aromatic amines is 1. The van der Waals surface area contributed by atoms with Gasteiger partial charge in [0.15, 0.2) is 0 Å². The Bertz CT molecular complexity index is 851. The van der Waals surface area contributed by atoms with Gasteiger partial charge in [-0.1, -0.05) is 19.1 Å². The first kappa shape index (κ1) is 15.9. The molecule has 5 nitrogen and oxygen atoms in total. The minimum absolute atomic E-state index is 0.0996. The van der Waals surface area contributed by atoms with Crippen LogP contribution in [0.15, 0.2) is 29.1 Å². The summed E-state index contributed by atoms with van der Waals surface area (Å²) in [6.07, 6.45) is 0.901. The third-order valence-electron chi connectivity index (χ3n) is 3.57. The number of H-pyrrole nitrogens is 1. The van der Waals surface area contributed by atoms with Crippen LogP contribution in [0.3, 0.4) is 0 Å². The van der Waals surface area contributed by atoms with Gasteiger partial charge in [0, 0.05) is 11.3 Å². The second-order valence-corrected chi connectivity index (χ2v) is 5.05. The van der Waals surface area contributed by atoms with E-state index in [9.17, 15) is 9.18 Å². The highest BCUT2D eigenvalue weighted by Crippen LogP contribution is 2.05. The molecule has 0 saturated carbocycles. The quantitative estimate of drug-likeness (QED) is 0.752. The molecule has 1 aromatic carbocycles. The molecule has 2 aromatic heterocycles. The summed E-state index contributed by atoms with van der Waals surface area (Å²) in [5, 5.41) is 7.72. The molecule has 0 saturated heterocycles. The van der Waals surface area contributed by atoms with E-state index in [0.29, 0.717) is 11.3 Å². The molecule has 0 bridgehead atoms. The maximum absolute atomic E-state index is 12.4. The van der Waals surface area contributed by atoms with E-state index in [2.05, 4.69) is 15.2 Å². The van der Waals surface area contributed by atoms with Crippen molar-refractivity contribution in [3.05, 3.63) is 63.1 Å². The molecular weight excluding hydrogens is 283 g/mol. The lowest BCUT2D eigenvalue weighted by molar-refractivity contribution is 0.625. The van der Waals surface area contributed by atoms with Crippen LogP contribution in [-0.2, 0) is 6.42 Å². The molecule has 3 rings (SSSR count). The van der Waals surface area contributed by atoms with Crippen LogP contribution in [0.5, 0.6) is 0 Å². The molecule has 0 radical (unpaired) electrons. The number of rotatable bonds is 1. The third-order valence-corrected chi connectivity index (χ3v) is 3.57. The maximum atomic E-state index is 12.4. The predicted octanol–water partition coefficient (Wildman–Crippen LogP) is 2.73. The normalized spacial score (nSPS) is 10.4. The Morgan fingerprint density at radius 1 is 1.23 bits per heavy atom. The molecule has 2 heterocycles. The van der Waals surface area contributed by atoms with Crippen LogP contribution in [-0.4, -0.2) is 19.6 Å². The van der Waals surface area contributed by atoms with Gasteiger partial charge < -0.3 is 0 Å². The predicted molar refractivity (Wildman–Crippen MR) is 83.6 cm³/mol. The van der Waals surface area contributed by atoms with Crippen LogP contribution in [0.25, 0.3) is 5.78 Å². The molecule has 0 spiro atoms. The Balaban J connectivity index is 0.000000172. The van der Waals surface area contributed by atoms with E-state index in [-0.39, 0.29) is 11.4 Å². The first-order chi connectivity index (χ1) is 10.4. The number of nitrogens with zero attached hydrogens (tertiary/aromatic N) is 3. The number of benzene rings is 1. The van der Waals surface area contributed by atoms with E-state index >= 15 is 0 Å². The van der Waals surface area contributed by atoms with Crippen LogP contribution >= 0.6 is 0 Å². The Labute approximate surface area is 127 Å². The van der Waals surface area contributed by atoms with Crippen molar-refractivity contribution in [2.24, 2.45) is 0 Å². The molecule has 0 aliphatic heterocycles. The summed E-state index contributed by atoms with van der Waals surface area (Å²) in [5.41, 5.74) is 2.55. The van der Waals surface area contributed by atoms with Crippen molar-refractivity contribution in [2.45, 2.75) is 34.1 Å². The van der Waals surface area contributed by atoms with Crippen molar-refractivity contribution >= 4 is 5.78 Å². The average molecular weight is 302 g/mol. The highest BCUT2D eigenvalue weighted by Gasteiger charge is 2.08. The molecule has 0 aliphatic rings. The van der Waals surface area contributed by atoms with Crippen LogP contribution in [0.2, 0.25) is 0 Å². The van der Waals surface area contributed by atoms with E-state index < -0.39 is 0 Å². The minimum atomic E-state index is -0.144. The van der Waals surface area contributed by atoms with Gasteiger partial charge in [-0.05, 0) is 44.9 Å². The molecule has 0 amide bonds. The van der Waals surface area contributed by atoms with Gasteiger partial charge >= 0.3 is 0 Å². The highest BCUT2D eigenvalue weighted by atomic mass is 19.1. The second kappa shape index (κ2) is 6.51. The summed E-state index contributed by atoms with van der Waals surface area (Å²) in [6.45, 7) is 7.53. The summed E-state index contributed by atoms with van der Waals surface area (Å²) in [6, 6.07) is 6.66. The van der Waals surface area contributed by atoms with Gasteiger partial charge in [-0.3, -0.25) is 14.2 Å². The molecule has 116 valence electrons. The number of hydrogen-bond acceptors (Lipinski definition) is 3. The fourth-order valence-electron chi connectivity index (χ4n) is 2.13. The zero-order chi connectivity index (χ0) is 16.3. The van der Waals surface area contributed by atoms with Gasteiger partial charge in [-0.15, -0.1) is 10.2 Å². The summed E-state index contributed by atoms with van der Waals surface area (Å²) in [5.74, 6) is 1.15. The van der Waals surface area contributed by atoms with Crippen molar-refractivity contribution in [2.75, 3.05) is 0 Å². The van der Waals surface area contributed by atoms with Gasteiger partial charge in [-0.2, -0.15) is 0 Å². The lowest BCUT2D eigenvalue weighted by Gasteiger charge is -2.02. The SMILES string of the molecule is CCc1cccc(F)c1.Cc1c(C)n2c(C)nnc2[nH]c1=O. The van der Waals surface area contributed by atoms with Crippen LogP contribution < -0.4 is 5.56 Å². The van der Waals surface area contributed by atoms with Crippen LogP contribution in [0, 0.1) is 26.6 Å². The van der Waals surface area contributed by atoms with E-state index in [1.54, 1.807) is 19.1 Å². The number of halogens is 1. The first-order valence-electron chi connectivity index (χ1n) is 7.09. The Hall–Kier alpha value is -2.50. The fraction of sp³-hybridized carbons (Fsp3) is 0.312. The first-order valence-corrected chi connectivity index (χ1v) is 7.09. The van der Waals surface area contributed by atoms with Crippen LogP contribution in [0.1, 0.15) is 29.6 Å². The molecule has 0 atom stereocenters. The molecular formula is C16H19FN4O. The van der Waals surface area contributed by atoms with Gasteiger partial charge in [0.25, 0.3) is 5.56 Å². The molecule has 0 aliphatic carbocycles. The molecule has 6 heteroatoms. The van der Waals surface area contributed by atoms with E-state index in [0.717, 1.165) is 23.5 Å². The molecule has 0 fully saturated rings. The monoisotopic (exact) mass is 302 g/mol. The van der Waals surface area contributed by atoms with Crippen molar-refractivity contribution in [1.82, 2.24) is 19.6 Å². The number of aryl methyl sites for hydroxylation is 3. The topological polar surface area (TPSA) is 63.1 Å². The largest absolute Gasteiger partial charge is 0.290 e. The van der Waals surface area contributed by atoms with E-state index in [1.165, 1.54) is 6.07 Å². The van der Waals surface area contributed by atoms with E-state index in [4.69, 9.17) is 0 Å². The molecule has 0 unspecified atom stereocenters. The van der Waals surface area contributed by atoms with Gasteiger partial charge in [0.1, 0.15) is 11.6 Å². The van der Waals surface area contributed by atoms with E-state index in [1.807, 2.05) is 31.2 Å². The van der Waals surface area contributed by atoms with Crippen molar-refractivity contribution in [3.8, 4) is 0 Å². The average Bonchev–Trinajstić information content (AvgIpc) is 2.86. The van der Waals surface area contributed by atoms with Crippen molar-refractivity contribution < 1.29 is 4.39 Å². The number of fused-ring (bicyclic) bond motifs is 1. The molecule has 22 heavy (non-hydrogen) atoms. The fourth-order valence-corrected chi connectivity index (χ4v) is 2.13. The molecule has 3 aromatic rings. The van der Waals surface area contributed by atoms with Crippen LogP contribution in [0.4, 0.5) is 4.39 Å². The standard InChI is InChI=1S/C8H9F.C8H10N4O/c1-2-7-4-3-5-8(9)6-7;1-4-5(2)12-6(3)10-11-8(12)9-7(4)13/h3-6H,2H2,1H3;1-3H3,(H,9,11,13). The van der Waals surface area contributed by atoms with Crippen molar-refractivity contribution in [3.63, 3.8) is 0 Å². The summed E-state index contributed by atoms with van der Waals surface area (Å²) < 4.78 is 14.2. The van der Waals surface area contributed by atoms with Crippen molar-refractivity contribution in [1.29, 1.82) is 0 Å². The van der Waals surface area contributed by atoms with Gasteiger partial charge in [-0.25, -0.2) is 4.39 Å². The van der Waals surface area contributed by atoms with Gasteiger partial charge in [0.05, 0.1) is 0 Å². The lowest BCUT2D eigenvalue weighted by Crippen LogP contribution is -2.15. The summed E-state index contributed by atoms with van der Waals surface area (Å²) in [4.78, 5) is 14.0. The smallest absolute Gasteiger partial charge is 0.255 e. The summed E-state index contributed by atoms with van der Waals surface area (Å²) >= 11 is 0. The number of nitrogens with one attached hydrogen (secondary N) is 1. The Kier molecular flexibility index (Phi) is 4.70. The zero-order valence-corrected chi connectivity index (χ0v) is 13.1. The zero-order valence-electron chi connectivity index (χ0n) is 13.1. The van der Waals surface area contributed by atoms with Gasteiger partial charge in [0.2, 0.25) is 5.78 Å². The minimum Gasteiger partial charge on any atom is -0.290 e.